The molecule has 0 spiro atoms. The number of carbonyl (C=O) groups is 3. The van der Waals surface area contributed by atoms with Crippen molar-refractivity contribution in [2.75, 3.05) is 26.2 Å². The number of ether oxygens (including phenoxy) is 1. The number of nitrogens with zero attached hydrogens (tertiary/aromatic N) is 1. The zero-order valence-corrected chi connectivity index (χ0v) is 22.3. The number of carbonyl (C=O) groups excluding carboxylic acids is 3. The Bertz CT molecular complexity index is 672. The molecule has 7 nitrogen and oxygen atoms in total. The molecule has 1 amide bonds. The van der Waals surface area contributed by atoms with Gasteiger partial charge in [-0.15, -0.1) is 0 Å². The quantitative estimate of drug-likeness (QED) is 0.590. The Morgan fingerprint density at radius 1 is 1.12 bits per heavy atom. The molecular weight excluding hydrogens is 446 g/mol. The van der Waals surface area contributed by atoms with Crippen LogP contribution in [0.25, 0.3) is 0 Å². The van der Waals surface area contributed by atoms with Crippen molar-refractivity contribution in [1.82, 2.24) is 15.5 Å². The van der Waals surface area contributed by atoms with E-state index < -0.39 is 11.1 Å². The summed E-state index contributed by atoms with van der Waals surface area (Å²) >= 11 is 0. The van der Waals surface area contributed by atoms with Crippen molar-refractivity contribution in [2.24, 2.45) is 5.92 Å². The lowest BCUT2D eigenvalue weighted by Gasteiger charge is -2.35. The van der Waals surface area contributed by atoms with E-state index in [2.05, 4.69) is 10.6 Å². The molecule has 0 unspecified atom stereocenters. The van der Waals surface area contributed by atoms with Crippen molar-refractivity contribution in [2.45, 2.75) is 83.8 Å². The van der Waals surface area contributed by atoms with Crippen LogP contribution in [0.15, 0.2) is 12.2 Å². The van der Waals surface area contributed by atoms with Gasteiger partial charge in [0, 0.05) is 25.0 Å². The molecule has 2 atom stereocenters. The summed E-state index contributed by atoms with van der Waals surface area (Å²) in [6.45, 7) is 10.8. The van der Waals surface area contributed by atoms with Gasteiger partial charge in [-0.25, -0.2) is 4.79 Å². The maximum atomic E-state index is 13.4. The number of ketones is 2. The van der Waals surface area contributed by atoms with E-state index in [1.807, 2.05) is 46.8 Å². The van der Waals surface area contributed by atoms with Gasteiger partial charge in [0.05, 0.1) is 17.6 Å². The van der Waals surface area contributed by atoms with Crippen LogP contribution in [0.2, 0.25) is 0 Å². The lowest BCUT2D eigenvalue weighted by Crippen LogP contribution is -2.61. The second-order valence-corrected chi connectivity index (χ2v) is 9.47. The molecule has 9 heteroatoms. The van der Waals surface area contributed by atoms with Crippen LogP contribution < -0.4 is 10.6 Å². The molecule has 186 valence electrons. The Hall–Kier alpha value is -1.03. The molecule has 2 N–H and O–H groups in total. The predicted octanol–water partition coefficient (Wildman–Crippen LogP) is 3.06. The normalized spacial score (nSPS) is 27.7. The molecule has 0 aromatic rings. The van der Waals surface area contributed by atoms with Crippen LogP contribution in [0, 0.1) is 5.92 Å². The van der Waals surface area contributed by atoms with Gasteiger partial charge in [-0.2, -0.15) is 27.0 Å². The van der Waals surface area contributed by atoms with Crippen LogP contribution in [0.1, 0.15) is 66.7 Å². The number of Topliss-reactive ketones (excluding diaryl/α,β-unsaturated/α-hetero) is 2. The van der Waals surface area contributed by atoms with Crippen LogP contribution in [0.5, 0.6) is 0 Å². The molecule has 2 rings (SSSR count). The molecule has 2 bridgehead atoms. The van der Waals surface area contributed by atoms with Gasteiger partial charge < -0.3 is 15.0 Å². The van der Waals surface area contributed by atoms with Crippen molar-refractivity contribution in [3.8, 4) is 0 Å². The van der Waals surface area contributed by atoms with Crippen molar-refractivity contribution >= 4 is 44.7 Å². The van der Waals surface area contributed by atoms with E-state index in [-0.39, 0.29) is 76.3 Å². The Morgan fingerprint density at radius 3 is 2.44 bits per heavy atom. The molecule has 1 saturated heterocycles. The largest absolute Gasteiger partial charge is 0.445 e. The van der Waals surface area contributed by atoms with Gasteiger partial charge in [0.15, 0.2) is 11.6 Å². The Morgan fingerprint density at radius 2 is 1.81 bits per heavy atom. The van der Waals surface area contributed by atoms with Crippen molar-refractivity contribution in [3.05, 3.63) is 12.2 Å². The third-order valence-corrected chi connectivity index (χ3v) is 6.10. The number of fused-ring (bicyclic) bond motifs is 2. The number of rotatable bonds is 4. The van der Waals surface area contributed by atoms with E-state index in [4.69, 9.17) is 4.74 Å². The van der Waals surface area contributed by atoms with Crippen LogP contribution in [-0.2, 0) is 14.3 Å². The average molecular weight is 490 g/mol. The van der Waals surface area contributed by atoms with Crippen molar-refractivity contribution < 1.29 is 19.1 Å². The maximum absolute atomic E-state index is 13.4. The number of hydrogen-bond donors (Lipinski definition) is 2. The molecule has 0 aliphatic carbocycles. The van der Waals surface area contributed by atoms with Crippen LogP contribution in [0.3, 0.4) is 0 Å². The highest BCUT2D eigenvalue weighted by Gasteiger charge is 2.47. The van der Waals surface area contributed by atoms with E-state index in [0.717, 1.165) is 19.3 Å². The van der Waals surface area contributed by atoms with Crippen molar-refractivity contribution in [3.63, 3.8) is 0 Å². The SMILES string of the molecule is CC(C)N[C@@]12CCN(C1)C(=O)OCC=CCCCC[C@@](C)(C(=O)C(C)C)NCC2=O.S.S. The zero-order chi connectivity index (χ0) is 22.4. The van der Waals surface area contributed by atoms with Gasteiger partial charge in [0.1, 0.15) is 6.61 Å². The van der Waals surface area contributed by atoms with Gasteiger partial charge in [-0.3, -0.25) is 14.9 Å². The Kier molecular flexibility index (Phi) is 13.2. The highest BCUT2D eigenvalue weighted by molar-refractivity contribution is 7.59. The fourth-order valence-electron chi connectivity index (χ4n) is 4.46. The van der Waals surface area contributed by atoms with E-state index in [1.54, 1.807) is 4.90 Å². The zero-order valence-electron chi connectivity index (χ0n) is 20.3. The minimum atomic E-state index is -0.825. The van der Waals surface area contributed by atoms with Gasteiger partial charge in [0.2, 0.25) is 0 Å². The summed E-state index contributed by atoms with van der Waals surface area (Å²) in [7, 11) is 0. The molecule has 0 aromatic heterocycles. The minimum Gasteiger partial charge on any atom is -0.445 e. The van der Waals surface area contributed by atoms with E-state index in [1.165, 1.54) is 0 Å². The Balaban J connectivity index is 0.00000480. The molecule has 1 fully saturated rings. The molecule has 2 heterocycles. The Labute approximate surface area is 207 Å². The standard InChI is InChI=1S/C23H39N3O4.2H2S/c1-17(2)20(28)22(5)11-9-7-6-8-10-14-30-21(29)26-13-12-23(16-26,25-18(3)4)19(27)15-24-22;;/h8,10,17-18,24-25H,6-7,9,11-16H2,1-5H3;2*1H2/t22-,23-;;/m0../s1. The molecule has 2 aliphatic heterocycles. The molecular formula is C23H43N3O4S2. The fraction of sp³-hybridized carbons (Fsp3) is 0.783. The summed E-state index contributed by atoms with van der Waals surface area (Å²) in [5, 5.41) is 6.71. The summed E-state index contributed by atoms with van der Waals surface area (Å²) in [5.74, 6) is 0.0123. The second kappa shape index (κ2) is 13.6. The first kappa shape index (κ1) is 31.0. The van der Waals surface area contributed by atoms with Crippen LogP contribution >= 0.6 is 27.0 Å². The number of nitrogens with one attached hydrogen (secondary N) is 2. The van der Waals surface area contributed by atoms with Gasteiger partial charge in [0.25, 0.3) is 0 Å². The summed E-state index contributed by atoms with van der Waals surface area (Å²) < 4.78 is 5.35. The van der Waals surface area contributed by atoms with Gasteiger partial charge >= 0.3 is 6.09 Å². The number of hydrogen-bond acceptors (Lipinski definition) is 6. The first-order valence-electron chi connectivity index (χ1n) is 11.3. The van der Waals surface area contributed by atoms with Crippen molar-refractivity contribution in [1.29, 1.82) is 0 Å². The molecule has 0 aromatic carbocycles. The third-order valence-electron chi connectivity index (χ3n) is 6.10. The number of allylic oxidation sites excluding steroid dienone is 1. The van der Waals surface area contributed by atoms with E-state index in [9.17, 15) is 14.4 Å². The molecule has 0 radical (unpaired) electrons. The molecule has 0 saturated carbocycles. The summed E-state index contributed by atoms with van der Waals surface area (Å²) in [6.07, 6.45) is 7.40. The van der Waals surface area contributed by atoms with Gasteiger partial charge in [-0.05, 0) is 46.5 Å². The number of amides is 1. The van der Waals surface area contributed by atoms with E-state index in [0.29, 0.717) is 19.4 Å². The highest BCUT2D eigenvalue weighted by Crippen LogP contribution is 2.26. The average Bonchev–Trinajstić information content (AvgIpc) is 3.11. The third kappa shape index (κ3) is 8.08. The number of cyclic esters (lactones) is 1. The monoisotopic (exact) mass is 489 g/mol. The summed E-state index contributed by atoms with van der Waals surface area (Å²) in [6, 6.07) is 0.0853. The van der Waals surface area contributed by atoms with Crippen LogP contribution in [-0.4, -0.2) is 65.9 Å². The second-order valence-electron chi connectivity index (χ2n) is 9.47. The minimum absolute atomic E-state index is 0. The van der Waals surface area contributed by atoms with Gasteiger partial charge in [-0.1, -0.05) is 32.4 Å². The smallest absolute Gasteiger partial charge is 0.410 e. The topological polar surface area (TPSA) is 87.7 Å². The lowest BCUT2D eigenvalue weighted by molar-refractivity contribution is -0.129. The predicted molar refractivity (Wildman–Crippen MR) is 138 cm³/mol. The first-order chi connectivity index (χ1) is 14.1. The lowest BCUT2D eigenvalue weighted by atomic mass is 9.83. The van der Waals surface area contributed by atoms with E-state index >= 15 is 0 Å². The van der Waals surface area contributed by atoms with Crippen LogP contribution in [0.4, 0.5) is 4.79 Å². The summed E-state index contributed by atoms with van der Waals surface area (Å²) in [4.78, 5) is 40.4. The maximum Gasteiger partial charge on any atom is 0.410 e. The highest BCUT2D eigenvalue weighted by atomic mass is 32.1. The molecule has 2 aliphatic rings. The fourth-order valence-corrected chi connectivity index (χ4v) is 4.46. The molecule has 32 heavy (non-hydrogen) atoms. The summed E-state index contributed by atoms with van der Waals surface area (Å²) in [5.41, 5.74) is -1.56. The first-order valence-corrected chi connectivity index (χ1v) is 11.3.